The van der Waals surface area contributed by atoms with Gasteiger partial charge in [0.25, 0.3) is 0 Å². The molecule has 0 aliphatic carbocycles. The van der Waals surface area contributed by atoms with Gasteiger partial charge in [0.15, 0.2) is 0 Å². The lowest BCUT2D eigenvalue weighted by atomic mass is 9.89. The Hall–Kier alpha value is -1.82. The van der Waals surface area contributed by atoms with Gasteiger partial charge in [-0.2, -0.15) is 10.2 Å². The minimum absolute atomic E-state index is 0.0426. The number of nitrogens with one attached hydrogen (secondary N) is 1. The van der Waals surface area contributed by atoms with E-state index in [-0.39, 0.29) is 5.41 Å². The van der Waals surface area contributed by atoms with Crippen LogP contribution in [0.1, 0.15) is 32.0 Å². The number of methoxy groups -OCH3 is 1. The summed E-state index contributed by atoms with van der Waals surface area (Å²) in [5.74, 6) is 0. The van der Waals surface area contributed by atoms with Gasteiger partial charge in [-0.3, -0.25) is 9.36 Å². The summed E-state index contributed by atoms with van der Waals surface area (Å²) in [6.45, 7) is 8.72. The highest BCUT2D eigenvalue weighted by atomic mass is 16.5. The van der Waals surface area contributed by atoms with Crippen molar-refractivity contribution in [1.29, 1.82) is 0 Å². The molecule has 2 heterocycles. The summed E-state index contributed by atoms with van der Waals surface area (Å²) < 4.78 is 8.80. The fourth-order valence-electron chi connectivity index (χ4n) is 2.26. The summed E-state index contributed by atoms with van der Waals surface area (Å²) in [6.07, 6.45) is 5.90. The largest absolute Gasteiger partial charge is 0.383 e. The van der Waals surface area contributed by atoms with E-state index in [2.05, 4.69) is 42.5 Å². The van der Waals surface area contributed by atoms with Gasteiger partial charge in [0.2, 0.25) is 0 Å². The maximum absolute atomic E-state index is 5.05. The first-order valence-electron chi connectivity index (χ1n) is 7.18. The highest BCUT2D eigenvalue weighted by Gasteiger charge is 2.21. The van der Waals surface area contributed by atoms with Crippen LogP contribution in [0.15, 0.2) is 18.6 Å². The van der Waals surface area contributed by atoms with Crippen molar-refractivity contribution in [3.8, 4) is 0 Å². The molecule has 0 saturated heterocycles. The van der Waals surface area contributed by atoms with E-state index in [0.717, 1.165) is 24.5 Å². The van der Waals surface area contributed by atoms with Crippen LogP contribution < -0.4 is 5.32 Å². The smallest absolute Gasteiger partial charge is 0.0729 e. The molecule has 2 aromatic rings. The van der Waals surface area contributed by atoms with Gasteiger partial charge >= 0.3 is 0 Å². The summed E-state index contributed by atoms with van der Waals surface area (Å²) in [7, 11) is 3.65. The lowest BCUT2D eigenvalue weighted by Gasteiger charge is -2.17. The molecule has 0 unspecified atom stereocenters. The molecule has 6 nitrogen and oxygen atoms in total. The third kappa shape index (κ3) is 4.07. The Morgan fingerprint density at radius 2 is 2.05 bits per heavy atom. The zero-order valence-corrected chi connectivity index (χ0v) is 13.6. The molecule has 116 valence electrons. The third-order valence-corrected chi connectivity index (χ3v) is 3.26. The fourth-order valence-corrected chi connectivity index (χ4v) is 2.26. The molecule has 0 saturated carbocycles. The predicted molar refractivity (Wildman–Crippen MR) is 83.3 cm³/mol. The molecule has 0 radical (unpaired) electrons. The zero-order valence-electron chi connectivity index (χ0n) is 13.6. The molecule has 2 rings (SSSR count). The number of anilines is 1. The summed E-state index contributed by atoms with van der Waals surface area (Å²) in [5.41, 5.74) is 3.40. The molecule has 0 amide bonds. The van der Waals surface area contributed by atoms with Crippen LogP contribution in [0.4, 0.5) is 5.69 Å². The number of nitrogens with zero attached hydrogens (tertiary/aromatic N) is 4. The molecular formula is C15H25N5O. The van der Waals surface area contributed by atoms with Crippen molar-refractivity contribution in [3.63, 3.8) is 0 Å². The van der Waals surface area contributed by atoms with Crippen molar-refractivity contribution in [2.75, 3.05) is 19.0 Å². The van der Waals surface area contributed by atoms with Crippen LogP contribution in [0.25, 0.3) is 0 Å². The van der Waals surface area contributed by atoms with E-state index >= 15 is 0 Å². The van der Waals surface area contributed by atoms with Gasteiger partial charge in [0, 0.05) is 44.1 Å². The van der Waals surface area contributed by atoms with Gasteiger partial charge in [-0.05, 0) is 0 Å². The van der Waals surface area contributed by atoms with E-state index in [1.165, 1.54) is 5.56 Å². The minimum atomic E-state index is 0.0426. The maximum atomic E-state index is 5.05. The first-order chi connectivity index (χ1) is 9.90. The summed E-state index contributed by atoms with van der Waals surface area (Å²) in [4.78, 5) is 0. The van der Waals surface area contributed by atoms with Gasteiger partial charge in [-0.25, -0.2) is 0 Å². The number of aromatic nitrogens is 4. The Balaban J connectivity index is 2.01. The van der Waals surface area contributed by atoms with Gasteiger partial charge in [-0.1, -0.05) is 20.8 Å². The van der Waals surface area contributed by atoms with Crippen LogP contribution in [0.3, 0.4) is 0 Å². The van der Waals surface area contributed by atoms with Crippen LogP contribution in [0.2, 0.25) is 0 Å². The minimum Gasteiger partial charge on any atom is -0.383 e. The van der Waals surface area contributed by atoms with E-state index in [4.69, 9.17) is 4.74 Å². The van der Waals surface area contributed by atoms with E-state index in [1.807, 2.05) is 28.8 Å². The van der Waals surface area contributed by atoms with Crippen molar-refractivity contribution in [2.45, 2.75) is 39.3 Å². The van der Waals surface area contributed by atoms with Crippen molar-refractivity contribution in [1.82, 2.24) is 19.6 Å². The number of rotatable bonds is 6. The maximum Gasteiger partial charge on any atom is 0.0729 e. The van der Waals surface area contributed by atoms with Crippen LogP contribution in [-0.2, 0) is 30.3 Å². The van der Waals surface area contributed by atoms with Gasteiger partial charge < -0.3 is 10.1 Å². The Labute approximate surface area is 126 Å². The monoisotopic (exact) mass is 291 g/mol. The zero-order chi connectivity index (χ0) is 15.5. The fraction of sp³-hybridized carbons (Fsp3) is 0.600. The Kier molecular flexibility index (Phi) is 4.67. The van der Waals surface area contributed by atoms with Crippen molar-refractivity contribution < 1.29 is 4.74 Å². The van der Waals surface area contributed by atoms with Crippen molar-refractivity contribution in [2.24, 2.45) is 7.05 Å². The van der Waals surface area contributed by atoms with Crippen LogP contribution >= 0.6 is 0 Å². The Morgan fingerprint density at radius 3 is 2.71 bits per heavy atom. The topological polar surface area (TPSA) is 56.9 Å². The highest BCUT2D eigenvalue weighted by molar-refractivity contribution is 5.40. The highest BCUT2D eigenvalue weighted by Crippen LogP contribution is 2.24. The normalized spacial score (nSPS) is 11.9. The lowest BCUT2D eigenvalue weighted by Crippen LogP contribution is -2.16. The number of hydrogen-bond donors (Lipinski definition) is 1. The quantitative estimate of drug-likeness (QED) is 0.886. The summed E-state index contributed by atoms with van der Waals surface area (Å²) >= 11 is 0. The molecule has 6 heteroatoms. The third-order valence-electron chi connectivity index (χ3n) is 3.26. The van der Waals surface area contributed by atoms with Crippen LogP contribution in [0.5, 0.6) is 0 Å². The first kappa shape index (κ1) is 15.6. The summed E-state index contributed by atoms with van der Waals surface area (Å²) in [6, 6.07) is 0. The van der Waals surface area contributed by atoms with E-state index in [0.29, 0.717) is 6.61 Å². The van der Waals surface area contributed by atoms with Crippen LogP contribution in [-0.4, -0.2) is 33.3 Å². The summed E-state index contributed by atoms with van der Waals surface area (Å²) in [5, 5.41) is 12.3. The number of ether oxygens (including phenoxy) is 1. The molecular weight excluding hydrogens is 266 g/mol. The Morgan fingerprint density at radius 1 is 1.29 bits per heavy atom. The molecule has 0 aliphatic heterocycles. The molecule has 0 aromatic carbocycles. The first-order valence-corrected chi connectivity index (χ1v) is 7.18. The molecule has 21 heavy (non-hydrogen) atoms. The van der Waals surface area contributed by atoms with Gasteiger partial charge in [0.05, 0.1) is 30.7 Å². The van der Waals surface area contributed by atoms with E-state index in [1.54, 1.807) is 7.11 Å². The molecule has 0 fully saturated rings. The SMILES string of the molecule is COCCn1cc(NCc2cn(C)nc2C(C)(C)C)cn1. The molecule has 0 spiro atoms. The molecule has 0 atom stereocenters. The molecule has 1 N–H and O–H groups in total. The number of hydrogen-bond acceptors (Lipinski definition) is 4. The molecule has 2 aromatic heterocycles. The van der Waals surface area contributed by atoms with Crippen molar-refractivity contribution >= 4 is 5.69 Å². The lowest BCUT2D eigenvalue weighted by molar-refractivity contribution is 0.183. The van der Waals surface area contributed by atoms with Crippen molar-refractivity contribution in [3.05, 3.63) is 29.8 Å². The molecule has 0 aliphatic rings. The predicted octanol–water partition coefficient (Wildman–Crippen LogP) is 2.17. The average Bonchev–Trinajstić information content (AvgIpc) is 2.99. The second-order valence-corrected chi connectivity index (χ2v) is 6.27. The van der Waals surface area contributed by atoms with Gasteiger partial charge in [0.1, 0.15) is 0 Å². The van der Waals surface area contributed by atoms with E-state index in [9.17, 15) is 0 Å². The van der Waals surface area contributed by atoms with E-state index < -0.39 is 0 Å². The second kappa shape index (κ2) is 6.30. The second-order valence-electron chi connectivity index (χ2n) is 6.27. The number of aryl methyl sites for hydroxylation is 1. The average molecular weight is 291 g/mol. The van der Waals surface area contributed by atoms with Crippen LogP contribution in [0, 0.1) is 0 Å². The molecule has 0 bridgehead atoms. The Bertz CT molecular complexity index is 579. The standard InChI is InChI=1S/C15H25N5O/c1-15(2,3)14-12(10-19(4)18-14)8-16-13-9-17-20(11-13)6-7-21-5/h9-11,16H,6-8H2,1-5H3. The van der Waals surface area contributed by atoms with Gasteiger partial charge in [-0.15, -0.1) is 0 Å².